The van der Waals surface area contributed by atoms with Crippen molar-refractivity contribution in [2.75, 3.05) is 11.5 Å². The molecular formula is C9H19NS. The minimum absolute atomic E-state index is 0.0489. The molecule has 1 saturated heterocycles. The first kappa shape index (κ1) is 9.40. The lowest BCUT2D eigenvalue weighted by Gasteiger charge is -2.20. The number of thioether (sulfide) groups is 1. The molecule has 0 spiro atoms. The van der Waals surface area contributed by atoms with Gasteiger partial charge in [0.25, 0.3) is 0 Å². The van der Waals surface area contributed by atoms with Gasteiger partial charge < -0.3 is 5.73 Å². The topological polar surface area (TPSA) is 26.0 Å². The van der Waals surface area contributed by atoms with Gasteiger partial charge in [0.2, 0.25) is 0 Å². The maximum atomic E-state index is 5.91. The molecule has 1 atom stereocenters. The van der Waals surface area contributed by atoms with Crippen LogP contribution in [0.4, 0.5) is 0 Å². The summed E-state index contributed by atoms with van der Waals surface area (Å²) in [7, 11) is 0. The SMILES string of the molecule is CC(C)(N)CCC1CCSC1. The zero-order valence-corrected chi connectivity index (χ0v) is 8.41. The molecule has 0 aromatic rings. The van der Waals surface area contributed by atoms with Crippen LogP contribution >= 0.6 is 11.8 Å². The normalized spacial score (nSPS) is 25.9. The van der Waals surface area contributed by atoms with Crippen molar-refractivity contribution in [3.8, 4) is 0 Å². The van der Waals surface area contributed by atoms with Crippen LogP contribution < -0.4 is 5.73 Å². The minimum atomic E-state index is 0.0489. The van der Waals surface area contributed by atoms with Crippen molar-refractivity contribution in [3.05, 3.63) is 0 Å². The summed E-state index contributed by atoms with van der Waals surface area (Å²) in [5, 5.41) is 0. The summed E-state index contributed by atoms with van der Waals surface area (Å²) >= 11 is 2.09. The van der Waals surface area contributed by atoms with E-state index in [1.54, 1.807) is 0 Å². The van der Waals surface area contributed by atoms with E-state index in [1.165, 1.54) is 30.8 Å². The van der Waals surface area contributed by atoms with Crippen LogP contribution in [-0.2, 0) is 0 Å². The molecule has 0 aromatic carbocycles. The average molecular weight is 173 g/mol. The highest BCUT2D eigenvalue weighted by Gasteiger charge is 2.18. The van der Waals surface area contributed by atoms with E-state index in [2.05, 4.69) is 25.6 Å². The number of rotatable bonds is 3. The van der Waals surface area contributed by atoms with E-state index in [4.69, 9.17) is 5.73 Å². The van der Waals surface area contributed by atoms with Gasteiger partial charge in [-0.25, -0.2) is 0 Å². The van der Waals surface area contributed by atoms with Crippen LogP contribution in [0.3, 0.4) is 0 Å². The first-order valence-corrected chi connectivity index (χ1v) is 5.60. The number of hydrogen-bond donors (Lipinski definition) is 1. The number of hydrogen-bond acceptors (Lipinski definition) is 2. The van der Waals surface area contributed by atoms with Gasteiger partial charge >= 0.3 is 0 Å². The van der Waals surface area contributed by atoms with Crippen molar-refractivity contribution >= 4 is 11.8 Å². The van der Waals surface area contributed by atoms with Crippen molar-refractivity contribution in [2.45, 2.75) is 38.6 Å². The van der Waals surface area contributed by atoms with Crippen LogP contribution in [0.25, 0.3) is 0 Å². The first-order chi connectivity index (χ1) is 5.08. The summed E-state index contributed by atoms with van der Waals surface area (Å²) in [5.74, 6) is 3.70. The molecule has 2 N–H and O–H groups in total. The van der Waals surface area contributed by atoms with Crippen LogP contribution in [0.2, 0.25) is 0 Å². The Morgan fingerprint density at radius 1 is 1.55 bits per heavy atom. The summed E-state index contributed by atoms with van der Waals surface area (Å²) in [6.45, 7) is 4.24. The van der Waals surface area contributed by atoms with E-state index in [0.717, 1.165) is 5.92 Å². The van der Waals surface area contributed by atoms with Gasteiger partial charge in [-0.3, -0.25) is 0 Å². The highest BCUT2D eigenvalue weighted by molar-refractivity contribution is 7.99. The Hall–Kier alpha value is 0.310. The van der Waals surface area contributed by atoms with Gasteiger partial charge in [-0.2, -0.15) is 11.8 Å². The van der Waals surface area contributed by atoms with E-state index >= 15 is 0 Å². The molecule has 0 radical (unpaired) electrons. The van der Waals surface area contributed by atoms with Crippen LogP contribution in [0.1, 0.15) is 33.1 Å². The second kappa shape index (κ2) is 3.81. The van der Waals surface area contributed by atoms with Crippen LogP contribution in [-0.4, -0.2) is 17.0 Å². The summed E-state index contributed by atoms with van der Waals surface area (Å²) in [5.41, 5.74) is 5.96. The molecule has 0 aliphatic carbocycles. The number of nitrogens with two attached hydrogens (primary N) is 1. The third kappa shape index (κ3) is 4.02. The zero-order valence-electron chi connectivity index (χ0n) is 7.60. The fraction of sp³-hybridized carbons (Fsp3) is 1.00. The lowest BCUT2D eigenvalue weighted by molar-refractivity contribution is 0.404. The molecule has 1 rings (SSSR count). The average Bonchev–Trinajstić information content (AvgIpc) is 2.32. The van der Waals surface area contributed by atoms with Gasteiger partial charge in [0, 0.05) is 5.54 Å². The van der Waals surface area contributed by atoms with Crippen LogP contribution in [0.15, 0.2) is 0 Å². The van der Waals surface area contributed by atoms with Crippen molar-refractivity contribution in [1.82, 2.24) is 0 Å². The van der Waals surface area contributed by atoms with Gasteiger partial charge in [0.1, 0.15) is 0 Å². The fourth-order valence-electron chi connectivity index (χ4n) is 1.39. The molecule has 66 valence electrons. The van der Waals surface area contributed by atoms with E-state index in [-0.39, 0.29) is 5.54 Å². The molecule has 0 aromatic heterocycles. The summed E-state index contributed by atoms with van der Waals surface area (Å²) in [6.07, 6.45) is 3.93. The van der Waals surface area contributed by atoms with Gasteiger partial charge in [-0.05, 0) is 50.5 Å². The Balaban J connectivity index is 2.11. The molecule has 1 unspecified atom stereocenters. The second-order valence-corrected chi connectivity index (χ2v) is 5.41. The lowest BCUT2D eigenvalue weighted by atomic mass is 9.93. The zero-order chi connectivity index (χ0) is 8.32. The van der Waals surface area contributed by atoms with E-state index in [9.17, 15) is 0 Å². The highest BCUT2D eigenvalue weighted by atomic mass is 32.2. The fourth-order valence-corrected chi connectivity index (χ4v) is 2.72. The van der Waals surface area contributed by atoms with E-state index < -0.39 is 0 Å². The maximum absolute atomic E-state index is 5.91. The molecule has 0 bridgehead atoms. The second-order valence-electron chi connectivity index (χ2n) is 4.26. The highest BCUT2D eigenvalue weighted by Crippen LogP contribution is 2.28. The van der Waals surface area contributed by atoms with Crippen LogP contribution in [0, 0.1) is 5.92 Å². The molecule has 11 heavy (non-hydrogen) atoms. The van der Waals surface area contributed by atoms with E-state index in [0.29, 0.717) is 0 Å². The third-order valence-electron chi connectivity index (χ3n) is 2.22. The van der Waals surface area contributed by atoms with Crippen molar-refractivity contribution in [1.29, 1.82) is 0 Å². The predicted octanol–water partition coefficient (Wildman–Crippen LogP) is 2.26. The standard InChI is InChI=1S/C9H19NS/c1-9(2,10)5-3-8-4-6-11-7-8/h8H,3-7,10H2,1-2H3. The Morgan fingerprint density at radius 2 is 2.27 bits per heavy atom. The summed E-state index contributed by atoms with van der Waals surface area (Å²) in [6, 6.07) is 0. The Kier molecular flexibility index (Phi) is 3.26. The predicted molar refractivity (Wildman–Crippen MR) is 52.9 cm³/mol. The molecule has 1 nitrogen and oxygen atoms in total. The molecule has 0 saturated carbocycles. The third-order valence-corrected chi connectivity index (χ3v) is 3.45. The van der Waals surface area contributed by atoms with Crippen LogP contribution in [0.5, 0.6) is 0 Å². The Bertz CT molecular complexity index is 111. The lowest BCUT2D eigenvalue weighted by Crippen LogP contribution is -2.32. The smallest absolute Gasteiger partial charge is 0.00971 e. The van der Waals surface area contributed by atoms with Crippen molar-refractivity contribution < 1.29 is 0 Å². The summed E-state index contributed by atoms with van der Waals surface area (Å²) < 4.78 is 0. The molecule has 1 aliphatic heterocycles. The van der Waals surface area contributed by atoms with Crippen molar-refractivity contribution in [2.24, 2.45) is 11.7 Å². The molecule has 1 fully saturated rings. The molecular weight excluding hydrogens is 154 g/mol. The Morgan fingerprint density at radius 3 is 2.73 bits per heavy atom. The van der Waals surface area contributed by atoms with Gasteiger partial charge in [0.15, 0.2) is 0 Å². The molecule has 1 aliphatic rings. The minimum Gasteiger partial charge on any atom is -0.326 e. The van der Waals surface area contributed by atoms with Gasteiger partial charge in [-0.1, -0.05) is 0 Å². The summed E-state index contributed by atoms with van der Waals surface area (Å²) in [4.78, 5) is 0. The molecule has 2 heteroatoms. The largest absolute Gasteiger partial charge is 0.326 e. The monoisotopic (exact) mass is 173 g/mol. The molecule has 0 amide bonds. The van der Waals surface area contributed by atoms with Crippen molar-refractivity contribution in [3.63, 3.8) is 0 Å². The van der Waals surface area contributed by atoms with Gasteiger partial charge in [-0.15, -0.1) is 0 Å². The maximum Gasteiger partial charge on any atom is 0.00971 e. The quantitative estimate of drug-likeness (QED) is 0.708. The van der Waals surface area contributed by atoms with E-state index in [1.807, 2.05) is 0 Å². The van der Waals surface area contributed by atoms with Gasteiger partial charge in [0.05, 0.1) is 0 Å². The first-order valence-electron chi connectivity index (χ1n) is 4.44. The Labute approximate surface area is 74.1 Å². The molecule has 1 heterocycles.